The molecule has 0 aromatic carbocycles. The lowest BCUT2D eigenvalue weighted by Gasteiger charge is -2.19. The lowest BCUT2D eigenvalue weighted by molar-refractivity contribution is -0.131. The Bertz CT molecular complexity index is 687. The van der Waals surface area contributed by atoms with Crippen LogP contribution in [-0.4, -0.2) is 32.9 Å². The van der Waals surface area contributed by atoms with Crippen LogP contribution in [0, 0.1) is 13.8 Å². The van der Waals surface area contributed by atoms with E-state index in [1.165, 1.54) is 4.88 Å². The summed E-state index contributed by atoms with van der Waals surface area (Å²) in [5.41, 5.74) is 4.48. The SMILES string of the molecule is Cc1ncsc1CN(C)c1c(C=CC(=O)O)c(C)nn1C. The number of thiazole rings is 1. The number of aryl methyl sites for hydroxylation is 3. The average molecular weight is 306 g/mol. The molecular formula is C14H18N4O2S. The van der Waals surface area contributed by atoms with Crippen molar-refractivity contribution in [3.8, 4) is 0 Å². The summed E-state index contributed by atoms with van der Waals surface area (Å²) in [5.74, 6) is -0.0806. The van der Waals surface area contributed by atoms with E-state index in [0.717, 1.165) is 28.8 Å². The Labute approximate surface area is 127 Å². The van der Waals surface area contributed by atoms with E-state index < -0.39 is 5.97 Å². The summed E-state index contributed by atoms with van der Waals surface area (Å²) in [7, 11) is 3.82. The number of aromatic nitrogens is 3. The molecule has 0 aliphatic rings. The highest BCUT2D eigenvalue weighted by atomic mass is 32.1. The number of aliphatic carboxylic acids is 1. The number of carbonyl (C=O) groups is 1. The van der Waals surface area contributed by atoms with Crippen molar-refractivity contribution in [1.82, 2.24) is 14.8 Å². The van der Waals surface area contributed by atoms with Crippen molar-refractivity contribution in [2.45, 2.75) is 20.4 Å². The number of hydrogen-bond acceptors (Lipinski definition) is 5. The van der Waals surface area contributed by atoms with Crippen molar-refractivity contribution in [3.05, 3.63) is 33.4 Å². The standard InChI is InChI=1S/C14H18N4O2S/c1-9-11(5-6-13(19)20)14(18(4)16-9)17(3)7-12-10(2)15-8-21-12/h5-6,8H,7H2,1-4H3,(H,19,20). The summed E-state index contributed by atoms with van der Waals surface area (Å²) in [5, 5.41) is 13.2. The van der Waals surface area contributed by atoms with Gasteiger partial charge >= 0.3 is 5.97 Å². The van der Waals surface area contributed by atoms with Gasteiger partial charge in [0, 0.05) is 30.6 Å². The minimum atomic E-state index is -0.967. The lowest BCUT2D eigenvalue weighted by atomic mass is 10.2. The van der Waals surface area contributed by atoms with E-state index in [1.54, 1.807) is 22.1 Å². The van der Waals surface area contributed by atoms with Gasteiger partial charge in [0.2, 0.25) is 0 Å². The molecule has 0 radical (unpaired) electrons. The van der Waals surface area contributed by atoms with E-state index in [-0.39, 0.29) is 0 Å². The molecule has 0 bridgehead atoms. The van der Waals surface area contributed by atoms with Gasteiger partial charge in [0.05, 0.1) is 23.4 Å². The summed E-state index contributed by atoms with van der Waals surface area (Å²) in [6, 6.07) is 0. The monoisotopic (exact) mass is 306 g/mol. The maximum Gasteiger partial charge on any atom is 0.328 e. The van der Waals surface area contributed by atoms with Crippen LogP contribution in [0.1, 0.15) is 21.8 Å². The predicted octanol–water partition coefficient (Wildman–Crippen LogP) is 2.23. The summed E-state index contributed by atoms with van der Waals surface area (Å²) < 4.78 is 1.77. The molecule has 0 saturated carbocycles. The quantitative estimate of drug-likeness (QED) is 0.858. The summed E-state index contributed by atoms with van der Waals surface area (Å²) in [6.07, 6.45) is 2.73. The second-order valence-electron chi connectivity index (χ2n) is 4.83. The normalized spacial score (nSPS) is 11.2. The van der Waals surface area contributed by atoms with Gasteiger partial charge in [0.25, 0.3) is 0 Å². The molecule has 1 N–H and O–H groups in total. The van der Waals surface area contributed by atoms with Crippen molar-refractivity contribution >= 4 is 29.2 Å². The Morgan fingerprint density at radius 2 is 2.19 bits per heavy atom. The van der Waals surface area contributed by atoms with E-state index >= 15 is 0 Å². The van der Waals surface area contributed by atoms with Gasteiger partial charge in [0.1, 0.15) is 5.82 Å². The zero-order valence-electron chi connectivity index (χ0n) is 12.5. The minimum absolute atomic E-state index is 0.712. The van der Waals surface area contributed by atoms with Crippen LogP contribution < -0.4 is 4.90 Å². The van der Waals surface area contributed by atoms with Crippen LogP contribution in [0.2, 0.25) is 0 Å². The van der Waals surface area contributed by atoms with Crippen LogP contribution in [0.3, 0.4) is 0 Å². The first-order valence-electron chi connectivity index (χ1n) is 6.45. The van der Waals surface area contributed by atoms with Crippen molar-refractivity contribution in [1.29, 1.82) is 0 Å². The Morgan fingerprint density at radius 1 is 1.48 bits per heavy atom. The molecule has 0 spiro atoms. The molecule has 2 aromatic heterocycles. The van der Waals surface area contributed by atoms with Crippen LogP contribution >= 0.6 is 11.3 Å². The average Bonchev–Trinajstić information content (AvgIpc) is 2.90. The zero-order chi connectivity index (χ0) is 15.6. The molecule has 112 valence electrons. The summed E-state index contributed by atoms with van der Waals surface area (Å²) >= 11 is 1.61. The van der Waals surface area contributed by atoms with Crippen molar-refractivity contribution in [2.75, 3.05) is 11.9 Å². The van der Waals surface area contributed by atoms with Crippen molar-refractivity contribution < 1.29 is 9.90 Å². The first kappa shape index (κ1) is 15.2. The second kappa shape index (κ2) is 6.09. The second-order valence-corrected chi connectivity index (χ2v) is 5.77. The van der Waals surface area contributed by atoms with Crippen LogP contribution in [0.15, 0.2) is 11.6 Å². The number of carboxylic acid groups (broad SMARTS) is 1. The van der Waals surface area contributed by atoms with Crippen LogP contribution in [-0.2, 0) is 18.4 Å². The molecule has 2 rings (SSSR count). The third kappa shape index (κ3) is 3.30. The Morgan fingerprint density at radius 3 is 2.76 bits per heavy atom. The summed E-state index contributed by atoms with van der Waals surface area (Å²) in [4.78, 5) is 18.2. The fourth-order valence-corrected chi connectivity index (χ4v) is 3.06. The predicted molar refractivity (Wildman–Crippen MR) is 83.6 cm³/mol. The van der Waals surface area contributed by atoms with Gasteiger partial charge in [-0.1, -0.05) is 0 Å². The van der Waals surface area contributed by atoms with Gasteiger partial charge in [0.15, 0.2) is 0 Å². The molecule has 0 amide bonds. The number of carboxylic acids is 1. The fourth-order valence-electron chi connectivity index (χ4n) is 2.23. The van der Waals surface area contributed by atoms with Gasteiger partial charge in [-0.15, -0.1) is 11.3 Å². The van der Waals surface area contributed by atoms with E-state index in [0.29, 0.717) is 6.54 Å². The maximum absolute atomic E-state index is 10.7. The van der Waals surface area contributed by atoms with Gasteiger partial charge in [-0.25, -0.2) is 9.78 Å². The molecular weight excluding hydrogens is 288 g/mol. The molecule has 7 heteroatoms. The van der Waals surface area contributed by atoms with E-state index in [2.05, 4.69) is 15.0 Å². The van der Waals surface area contributed by atoms with Crippen LogP contribution in [0.4, 0.5) is 5.82 Å². The smallest absolute Gasteiger partial charge is 0.328 e. The third-order valence-electron chi connectivity index (χ3n) is 3.22. The van der Waals surface area contributed by atoms with Gasteiger partial charge in [-0.2, -0.15) is 5.10 Å². The Hall–Kier alpha value is -2.15. The molecule has 0 saturated heterocycles. The highest BCUT2D eigenvalue weighted by molar-refractivity contribution is 7.09. The Kier molecular flexibility index (Phi) is 4.42. The highest BCUT2D eigenvalue weighted by Crippen LogP contribution is 2.26. The minimum Gasteiger partial charge on any atom is -0.478 e. The largest absolute Gasteiger partial charge is 0.478 e. The number of hydrogen-bond donors (Lipinski definition) is 1. The third-order valence-corrected chi connectivity index (χ3v) is 4.14. The first-order chi connectivity index (χ1) is 9.90. The zero-order valence-corrected chi connectivity index (χ0v) is 13.3. The fraction of sp³-hybridized carbons (Fsp3) is 0.357. The van der Waals surface area contributed by atoms with Gasteiger partial charge in [-0.3, -0.25) is 4.68 Å². The molecule has 0 aliphatic carbocycles. The van der Waals surface area contributed by atoms with Crippen molar-refractivity contribution in [3.63, 3.8) is 0 Å². The van der Waals surface area contributed by atoms with Gasteiger partial charge in [-0.05, 0) is 19.9 Å². The van der Waals surface area contributed by atoms with Crippen molar-refractivity contribution in [2.24, 2.45) is 7.05 Å². The van der Waals surface area contributed by atoms with Crippen LogP contribution in [0.25, 0.3) is 6.08 Å². The maximum atomic E-state index is 10.7. The molecule has 2 heterocycles. The van der Waals surface area contributed by atoms with Gasteiger partial charge < -0.3 is 10.0 Å². The lowest BCUT2D eigenvalue weighted by Crippen LogP contribution is -2.20. The Balaban J connectivity index is 2.34. The van der Waals surface area contributed by atoms with E-state index in [1.807, 2.05) is 33.5 Å². The highest BCUT2D eigenvalue weighted by Gasteiger charge is 2.16. The molecule has 0 unspecified atom stereocenters. The number of nitrogens with zero attached hydrogens (tertiary/aromatic N) is 4. The molecule has 21 heavy (non-hydrogen) atoms. The van der Waals surface area contributed by atoms with Crippen LogP contribution in [0.5, 0.6) is 0 Å². The van der Waals surface area contributed by atoms with E-state index in [4.69, 9.17) is 5.11 Å². The first-order valence-corrected chi connectivity index (χ1v) is 7.32. The summed E-state index contributed by atoms with van der Waals surface area (Å²) in [6.45, 7) is 4.57. The molecule has 2 aromatic rings. The topological polar surface area (TPSA) is 71.2 Å². The number of rotatable bonds is 5. The molecule has 0 fully saturated rings. The molecule has 0 atom stereocenters. The molecule has 6 nitrogen and oxygen atoms in total. The van der Waals surface area contributed by atoms with E-state index in [9.17, 15) is 4.79 Å². The number of anilines is 1. The molecule has 0 aliphatic heterocycles.